The molecule has 0 spiro atoms. The summed E-state index contributed by atoms with van der Waals surface area (Å²) >= 11 is 0. The number of nitrogens with zero attached hydrogens (tertiary/aromatic N) is 2. The van der Waals surface area contributed by atoms with E-state index in [-0.39, 0.29) is 0 Å². The van der Waals surface area contributed by atoms with Crippen LogP contribution < -0.4 is 9.47 Å². The highest BCUT2D eigenvalue weighted by atomic mass is 16.5. The lowest BCUT2D eigenvalue weighted by atomic mass is 10.1. The van der Waals surface area contributed by atoms with Gasteiger partial charge < -0.3 is 14.0 Å². The summed E-state index contributed by atoms with van der Waals surface area (Å²) < 4.78 is 15.8. The van der Waals surface area contributed by atoms with E-state index in [1.165, 1.54) is 19.3 Å². The molecule has 2 rings (SSSR count). The lowest BCUT2D eigenvalue weighted by Crippen LogP contribution is -1.90. The van der Waals surface area contributed by atoms with Gasteiger partial charge in [-0.15, -0.1) is 0 Å². The van der Waals surface area contributed by atoms with Gasteiger partial charge in [0.2, 0.25) is 0 Å². The summed E-state index contributed by atoms with van der Waals surface area (Å²) in [5.74, 6) is 2.69. The summed E-state index contributed by atoms with van der Waals surface area (Å²) in [7, 11) is 3.24. The van der Waals surface area contributed by atoms with Gasteiger partial charge in [0.05, 0.1) is 14.2 Å². The third-order valence-electron chi connectivity index (χ3n) is 3.56. The van der Waals surface area contributed by atoms with E-state index >= 15 is 0 Å². The predicted molar refractivity (Wildman–Crippen MR) is 90.6 cm³/mol. The molecule has 23 heavy (non-hydrogen) atoms. The number of rotatable bonds is 9. The van der Waals surface area contributed by atoms with Crippen LogP contribution >= 0.6 is 0 Å². The highest BCUT2D eigenvalue weighted by Gasteiger charge is 2.05. The molecular formula is C18H24N2O3. The highest BCUT2D eigenvalue weighted by Crippen LogP contribution is 2.28. The van der Waals surface area contributed by atoms with E-state index in [0.717, 1.165) is 24.2 Å². The standard InChI is InChI=1S/C18H24N2O3/c1-4-5-6-7-8-17-19-18(23-20-17)12-10-14-9-11-15(21-2)16(13-14)22-3/h9-13H,4-8H2,1-3H3. The Morgan fingerprint density at radius 3 is 2.61 bits per heavy atom. The average Bonchev–Trinajstić information content (AvgIpc) is 3.04. The Labute approximate surface area is 137 Å². The Morgan fingerprint density at radius 2 is 1.87 bits per heavy atom. The van der Waals surface area contributed by atoms with Crippen LogP contribution in [0.1, 0.15) is 49.9 Å². The minimum Gasteiger partial charge on any atom is -0.493 e. The zero-order valence-corrected chi connectivity index (χ0v) is 14.0. The van der Waals surface area contributed by atoms with Crippen LogP contribution in [0.3, 0.4) is 0 Å². The molecule has 124 valence electrons. The molecule has 0 saturated carbocycles. The Balaban J connectivity index is 1.96. The molecule has 0 amide bonds. The Kier molecular flexibility index (Phi) is 6.66. The molecule has 0 fully saturated rings. The molecule has 5 nitrogen and oxygen atoms in total. The molecule has 0 bridgehead atoms. The summed E-state index contributed by atoms with van der Waals surface area (Å²) in [6.07, 6.45) is 9.39. The molecular weight excluding hydrogens is 292 g/mol. The summed E-state index contributed by atoms with van der Waals surface area (Å²) in [6.45, 7) is 2.20. The van der Waals surface area contributed by atoms with Gasteiger partial charge in [-0.3, -0.25) is 0 Å². The molecule has 0 unspecified atom stereocenters. The van der Waals surface area contributed by atoms with Crippen molar-refractivity contribution < 1.29 is 14.0 Å². The first-order chi connectivity index (χ1) is 11.3. The second-order valence-electron chi connectivity index (χ2n) is 5.31. The maximum Gasteiger partial charge on any atom is 0.250 e. The first-order valence-electron chi connectivity index (χ1n) is 7.99. The van der Waals surface area contributed by atoms with Crippen LogP contribution in [0.25, 0.3) is 12.2 Å². The van der Waals surface area contributed by atoms with E-state index in [1.54, 1.807) is 14.2 Å². The molecule has 5 heteroatoms. The van der Waals surface area contributed by atoms with Gasteiger partial charge >= 0.3 is 0 Å². The molecule has 0 N–H and O–H groups in total. The lowest BCUT2D eigenvalue weighted by Gasteiger charge is -2.07. The number of unbranched alkanes of at least 4 members (excludes halogenated alkanes) is 3. The number of hydrogen-bond donors (Lipinski definition) is 0. The van der Waals surface area contributed by atoms with Crippen molar-refractivity contribution >= 4 is 12.2 Å². The van der Waals surface area contributed by atoms with E-state index in [9.17, 15) is 0 Å². The highest BCUT2D eigenvalue weighted by molar-refractivity contribution is 5.67. The van der Waals surface area contributed by atoms with Gasteiger partial charge in [-0.2, -0.15) is 4.98 Å². The van der Waals surface area contributed by atoms with Gasteiger partial charge in [0.15, 0.2) is 17.3 Å². The third-order valence-corrected chi connectivity index (χ3v) is 3.56. The first kappa shape index (κ1) is 17.1. The number of methoxy groups -OCH3 is 2. The van der Waals surface area contributed by atoms with Crippen LogP contribution in [0.4, 0.5) is 0 Å². The van der Waals surface area contributed by atoms with Crippen molar-refractivity contribution in [1.29, 1.82) is 0 Å². The molecule has 0 aliphatic carbocycles. The fourth-order valence-corrected chi connectivity index (χ4v) is 2.27. The second kappa shape index (κ2) is 8.98. The van der Waals surface area contributed by atoms with Crippen LogP contribution in [0.2, 0.25) is 0 Å². The first-order valence-corrected chi connectivity index (χ1v) is 7.99. The topological polar surface area (TPSA) is 57.4 Å². The van der Waals surface area contributed by atoms with Crippen LogP contribution in [-0.2, 0) is 6.42 Å². The van der Waals surface area contributed by atoms with Gasteiger partial charge in [-0.05, 0) is 30.2 Å². The minimum atomic E-state index is 0.519. The van der Waals surface area contributed by atoms with E-state index < -0.39 is 0 Å². The fraction of sp³-hybridized carbons (Fsp3) is 0.444. The van der Waals surface area contributed by atoms with Gasteiger partial charge in [0.1, 0.15) is 0 Å². The van der Waals surface area contributed by atoms with Crippen LogP contribution in [0, 0.1) is 0 Å². The molecule has 0 atom stereocenters. The van der Waals surface area contributed by atoms with Crippen molar-refractivity contribution in [3.8, 4) is 11.5 Å². The number of aromatic nitrogens is 2. The number of benzene rings is 1. The second-order valence-corrected chi connectivity index (χ2v) is 5.31. The van der Waals surface area contributed by atoms with Crippen LogP contribution in [0.5, 0.6) is 11.5 Å². The Hall–Kier alpha value is -2.30. The summed E-state index contributed by atoms with van der Waals surface area (Å²) in [5, 5.41) is 4.01. The monoisotopic (exact) mass is 316 g/mol. The van der Waals surface area contributed by atoms with Gasteiger partial charge in [0, 0.05) is 12.5 Å². The molecule has 2 aromatic rings. The van der Waals surface area contributed by atoms with Crippen molar-refractivity contribution in [1.82, 2.24) is 10.1 Å². The molecule has 1 aromatic heterocycles. The lowest BCUT2D eigenvalue weighted by molar-refractivity contribution is 0.355. The average molecular weight is 316 g/mol. The number of ether oxygens (including phenoxy) is 2. The zero-order valence-electron chi connectivity index (χ0n) is 14.0. The van der Waals surface area contributed by atoms with Crippen molar-refractivity contribution in [2.75, 3.05) is 14.2 Å². The smallest absolute Gasteiger partial charge is 0.250 e. The SMILES string of the molecule is CCCCCCc1noc(C=Cc2ccc(OC)c(OC)c2)n1. The van der Waals surface area contributed by atoms with E-state index in [0.29, 0.717) is 17.4 Å². The normalized spacial score (nSPS) is 11.1. The van der Waals surface area contributed by atoms with Crippen LogP contribution in [0.15, 0.2) is 22.7 Å². The molecule has 0 saturated heterocycles. The van der Waals surface area contributed by atoms with Crippen LogP contribution in [-0.4, -0.2) is 24.4 Å². The quantitative estimate of drug-likeness (QED) is 0.643. The molecule has 1 aromatic carbocycles. The maximum atomic E-state index is 5.29. The van der Waals surface area contributed by atoms with Crippen molar-refractivity contribution in [3.05, 3.63) is 35.5 Å². The molecule has 0 radical (unpaired) electrons. The van der Waals surface area contributed by atoms with Gasteiger partial charge in [-0.25, -0.2) is 0 Å². The zero-order chi connectivity index (χ0) is 16.5. The van der Waals surface area contributed by atoms with Crippen molar-refractivity contribution in [2.45, 2.75) is 39.0 Å². The van der Waals surface area contributed by atoms with Crippen molar-refractivity contribution in [2.24, 2.45) is 0 Å². The largest absolute Gasteiger partial charge is 0.493 e. The summed E-state index contributed by atoms with van der Waals surface area (Å²) in [4.78, 5) is 4.38. The summed E-state index contributed by atoms with van der Waals surface area (Å²) in [6, 6.07) is 5.71. The van der Waals surface area contributed by atoms with Gasteiger partial charge in [-0.1, -0.05) is 37.4 Å². The number of aryl methyl sites for hydroxylation is 1. The molecule has 0 aliphatic rings. The Morgan fingerprint density at radius 1 is 1.04 bits per heavy atom. The fourth-order valence-electron chi connectivity index (χ4n) is 2.27. The van der Waals surface area contributed by atoms with E-state index in [4.69, 9.17) is 14.0 Å². The summed E-state index contributed by atoms with van der Waals surface area (Å²) in [5.41, 5.74) is 0.977. The Bertz CT molecular complexity index is 635. The predicted octanol–water partition coefficient (Wildman–Crippen LogP) is 4.38. The third kappa shape index (κ3) is 5.13. The van der Waals surface area contributed by atoms with Crippen molar-refractivity contribution in [3.63, 3.8) is 0 Å². The van der Waals surface area contributed by atoms with E-state index in [2.05, 4.69) is 17.1 Å². The number of hydrogen-bond acceptors (Lipinski definition) is 5. The van der Waals surface area contributed by atoms with E-state index in [1.807, 2.05) is 30.4 Å². The molecule has 1 heterocycles. The maximum absolute atomic E-state index is 5.29. The molecule has 0 aliphatic heterocycles. The minimum absolute atomic E-state index is 0.519. The van der Waals surface area contributed by atoms with Gasteiger partial charge in [0.25, 0.3) is 5.89 Å².